The van der Waals surface area contributed by atoms with Crippen LogP contribution in [0.3, 0.4) is 0 Å². The summed E-state index contributed by atoms with van der Waals surface area (Å²) in [6.07, 6.45) is 0. The minimum absolute atomic E-state index is 0. The van der Waals surface area contributed by atoms with E-state index in [0.717, 1.165) is 0 Å². The molecule has 0 aliphatic rings. The summed E-state index contributed by atoms with van der Waals surface area (Å²) in [6, 6.07) is 34.9. The first-order valence-electron chi connectivity index (χ1n) is 20.9. The molecule has 0 spiro atoms. The molecular weight excluding hydrogens is 1050 g/mol. The van der Waals surface area contributed by atoms with Gasteiger partial charge in [0.1, 0.15) is 38.4 Å². The molecule has 73 heavy (non-hydrogen) atoms. The molecule has 8 aromatic rings. The van der Waals surface area contributed by atoms with Crippen molar-refractivity contribution in [2.75, 3.05) is 19.5 Å². The van der Waals surface area contributed by atoms with Crippen molar-refractivity contribution in [3.05, 3.63) is 166 Å². The number of anilines is 1. The molecule has 0 aliphatic carbocycles. The number of hydrogen-bond acceptors (Lipinski definition) is 15. The van der Waals surface area contributed by atoms with E-state index in [2.05, 4.69) is 30.8 Å². The number of nitrogens with one attached hydrogen (secondary N) is 1. The number of carbonyl (C=O) groups is 1. The van der Waals surface area contributed by atoms with Gasteiger partial charge in [0.25, 0.3) is 26.1 Å². The smallest absolute Gasteiger partial charge is 0.871 e. The second kappa shape index (κ2) is 23.4. The molecule has 0 radical (unpaired) electrons. The maximum atomic E-state index is 13.3. The van der Waals surface area contributed by atoms with Gasteiger partial charge in [-0.3, -0.25) is 18.9 Å². The number of hydrogen-bond donors (Lipinski definition) is 4. The first-order valence-corrected chi connectivity index (χ1v) is 24.5. The van der Waals surface area contributed by atoms with Gasteiger partial charge < -0.3 is 30.1 Å². The van der Waals surface area contributed by atoms with Crippen LogP contribution in [0.2, 0.25) is 10.0 Å². The third-order valence-corrected chi connectivity index (χ3v) is 12.8. The maximum Gasteiger partial charge on any atom is 2.00 e. The van der Waals surface area contributed by atoms with Crippen molar-refractivity contribution < 1.29 is 55.5 Å². The standard InChI is InChI=1S/2C25H20ClN3O6S.Ca/c2*1-14-10-20(26)23(21(11-14)36(32,33)34)29-28-22-18-9-4-3-6-15(18)12-19(24(22)30)25(31)27-16-7-5-8-17(13-16)35-2;/h2*3-13,30H,1-2H3,(H,27,31)(H,32,33,34);/q;;+2/p-2. The molecular formula is C50H38CaCl2N6O12S2. The van der Waals surface area contributed by atoms with E-state index in [0.29, 0.717) is 55.5 Å². The van der Waals surface area contributed by atoms with Gasteiger partial charge >= 0.3 is 37.7 Å². The van der Waals surface area contributed by atoms with Crippen LogP contribution >= 0.6 is 23.2 Å². The molecule has 18 nitrogen and oxygen atoms in total. The predicted molar refractivity (Wildman–Crippen MR) is 275 cm³/mol. The van der Waals surface area contributed by atoms with Crippen LogP contribution in [0, 0.1) is 13.8 Å². The molecule has 0 heterocycles. The topological polar surface area (TPSA) is 284 Å². The largest absolute Gasteiger partial charge is 2.00 e. The van der Waals surface area contributed by atoms with Gasteiger partial charge in [0.2, 0.25) is 0 Å². The fourth-order valence-electron chi connectivity index (χ4n) is 7.11. The summed E-state index contributed by atoms with van der Waals surface area (Å²) in [4.78, 5) is 16.0. The van der Waals surface area contributed by atoms with Crippen molar-refractivity contribution in [1.29, 1.82) is 0 Å². The Kier molecular flexibility index (Phi) is 17.8. The van der Waals surface area contributed by atoms with Crippen molar-refractivity contribution in [3.8, 4) is 23.0 Å². The van der Waals surface area contributed by atoms with Crippen LogP contribution in [0.5, 0.6) is 23.0 Å². The summed E-state index contributed by atoms with van der Waals surface area (Å²) in [5, 5.41) is 57.6. The molecule has 1 amide bonds. The van der Waals surface area contributed by atoms with Crippen molar-refractivity contribution in [3.63, 3.8) is 0 Å². The molecule has 0 aliphatic heterocycles. The van der Waals surface area contributed by atoms with Crippen LogP contribution in [0.1, 0.15) is 27.0 Å². The van der Waals surface area contributed by atoms with Crippen LogP contribution in [0.25, 0.3) is 21.5 Å². The van der Waals surface area contributed by atoms with E-state index in [9.17, 15) is 46.1 Å². The Morgan fingerprint density at radius 2 is 1.07 bits per heavy atom. The molecule has 0 unspecified atom stereocenters. The van der Waals surface area contributed by atoms with Crippen LogP contribution < -0.4 is 25.0 Å². The van der Waals surface area contributed by atoms with Crippen molar-refractivity contribution in [1.82, 2.24) is 0 Å². The number of methoxy groups -OCH3 is 2. The normalized spacial score (nSPS) is 11.9. The van der Waals surface area contributed by atoms with E-state index in [-0.39, 0.29) is 81.7 Å². The number of aromatic hydroxyl groups is 1. The predicted octanol–water partition coefficient (Wildman–Crippen LogP) is 11.0. The number of aliphatic imine (C=N–C) groups is 1. The second-order valence-electron chi connectivity index (χ2n) is 15.5. The monoisotopic (exact) mass is 1090 g/mol. The second-order valence-corrected chi connectivity index (χ2v) is 19.1. The van der Waals surface area contributed by atoms with Crippen LogP contribution in [0.4, 0.5) is 34.1 Å². The van der Waals surface area contributed by atoms with E-state index < -0.39 is 53.3 Å². The van der Waals surface area contributed by atoms with Crippen molar-refractivity contribution in [2.45, 2.75) is 23.6 Å². The number of aryl methyl sites for hydroxylation is 2. The quantitative estimate of drug-likeness (QED) is 0.0292. The van der Waals surface area contributed by atoms with E-state index in [1.165, 1.54) is 50.6 Å². The summed E-state index contributed by atoms with van der Waals surface area (Å²) >= 11 is 12.4. The Labute approximate surface area is 457 Å². The summed E-state index contributed by atoms with van der Waals surface area (Å²) in [7, 11) is -6.39. The molecule has 0 saturated carbocycles. The van der Waals surface area contributed by atoms with Gasteiger partial charge in [-0.05, 0) is 108 Å². The number of phenolic OH excluding ortho intramolecular Hbond substituents is 1. The van der Waals surface area contributed by atoms with Crippen LogP contribution in [0.15, 0.2) is 169 Å². The number of rotatable bonds is 12. The fourth-order valence-corrected chi connectivity index (χ4v) is 9.30. The molecule has 0 bridgehead atoms. The summed E-state index contributed by atoms with van der Waals surface area (Å²) in [5.41, 5.74) is 0.400. The zero-order valence-electron chi connectivity index (χ0n) is 38.7. The van der Waals surface area contributed by atoms with Gasteiger partial charge in [0.05, 0.1) is 41.2 Å². The molecule has 8 aromatic carbocycles. The van der Waals surface area contributed by atoms with Gasteiger partial charge in [-0.25, -0.2) is 0 Å². The van der Waals surface area contributed by atoms with E-state index >= 15 is 0 Å². The summed E-state index contributed by atoms with van der Waals surface area (Å²) in [5.74, 6) is -1.63. The number of halogens is 2. The first kappa shape index (κ1) is 55.6. The van der Waals surface area contributed by atoms with E-state index in [1.54, 1.807) is 111 Å². The number of fused-ring (bicyclic) bond motifs is 2. The van der Waals surface area contributed by atoms with Gasteiger partial charge in [0, 0.05) is 28.6 Å². The molecule has 0 saturated heterocycles. The Bertz CT molecular complexity index is 3790. The number of benzene rings is 8. The molecule has 0 atom stereocenters. The zero-order valence-corrected chi connectivity index (χ0v) is 44.1. The zero-order chi connectivity index (χ0) is 52.1. The van der Waals surface area contributed by atoms with E-state index in [4.69, 9.17) is 32.7 Å². The molecule has 8 rings (SSSR count). The molecule has 23 heteroatoms. The molecule has 4 N–H and O–H groups in total. The van der Waals surface area contributed by atoms with E-state index in [1.807, 2.05) is 0 Å². The number of azo groups is 2. The maximum absolute atomic E-state index is 13.3. The summed E-state index contributed by atoms with van der Waals surface area (Å²) < 4.78 is 77.1. The third-order valence-electron chi connectivity index (χ3n) is 10.5. The van der Waals surface area contributed by atoms with Crippen molar-refractivity contribution >= 4 is 149 Å². The number of nitrogens with zero attached hydrogens (tertiary/aromatic N) is 5. The Morgan fingerprint density at radius 1 is 0.603 bits per heavy atom. The number of phenols is 1. The van der Waals surface area contributed by atoms with Gasteiger partial charge in [-0.1, -0.05) is 89.6 Å². The average molecular weight is 1090 g/mol. The number of amides is 1. The van der Waals surface area contributed by atoms with Gasteiger partial charge in [-0.2, -0.15) is 21.9 Å². The SMILES string of the molecule is COc1cccc(N=C([O-])c2cc3ccccc3c(N=Nc3c(Cl)cc(C)cc3S(=O)(=O)O)c2[O-])c1.COc1cccc(NC(=O)c2cc3ccccc3c(N=Nc3c(Cl)cc(C)cc3S(=O)(=O)O)c2O)c1.[Ca+2]. The minimum Gasteiger partial charge on any atom is -0.871 e. The molecule has 0 fully saturated rings. The van der Waals surface area contributed by atoms with Crippen LogP contribution in [-0.4, -0.2) is 94.8 Å². The van der Waals surface area contributed by atoms with Crippen LogP contribution in [-0.2, 0) is 20.2 Å². The average Bonchev–Trinajstić information content (AvgIpc) is 3.33. The van der Waals surface area contributed by atoms with Gasteiger partial charge in [0.15, 0.2) is 5.75 Å². The van der Waals surface area contributed by atoms with Gasteiger partial charge in [-0.15, -0.1) is 15.3 Å². The first-order chi connectivity index (χ1) is 34.2. The fraction of sp³-hybridized carbons (Fsp3) is 0.0800. The number of carbonyl (C=O) groups excluding carboxylic acids is 1. The van der Waals surface area contributed by atoms with Crippen molar-refractivity contribution in [2.24, 2.45) is 25.4 Å². The molecule has 368 valence electrons. The Morgan fingerprint density at radius 3 is 1.60 bits per heavy atom. The Balaban J connectivity index is 0.000000235. The Hall–Kier alpha value is -6.72. The number of ether oxygens (including phenoxy) is 2. The summed E-state index contributed by atoms with van der Waals surface area (Å²) in [6.45, 7) is 3.19. The minimum atomic E-state index is -4.69. The third kappa shape index (κ3) is 13.1. The molecule has 0 aromatic heterocycles.